The summed E-state index contributed by atoms with van der Waals surface area (Å²) in [6.07, 6.45) is 1.79. The predicted octanol–water partition coefficient (Wildman–Crippen LogP) is 3.28. The van der Waals surface area contributed by atoms with E-state index in [9.17, 15) is 13.2 Å². The number of benzene rings is 2. The highest BCUT2D eigenvalue weighted by Gasteiger charge is 2.27. The van der Waals surface area contributed by atoms with Crippen molar-refractivity contribution < 1.29 is 13.2 Å². The first-order valence-corrected chi connectivity index (χ1v) is 10.5. The van der Waals surface area contributed by atoms with E-state index >= 15 is 0 Å². The molecule has 0 aliphatic rings. The Bertz CT molecular complexity index is 807. The molecule has 0 fully saturated rings. The third-order valence-corrected chi connectivity index (χ3v) is 5.69. The zero-order valence-electron chi connectivity index (χ0n) is 15.5. The zero-order chi connectivity index (χ0) is 19.2. The van der Waals surface area contributed by atoms with Crippen molar-refractivity contribution in [3.05, 3.63) is 66.2 Å². The molecule has 1 unspecified atom stereocenters. The normalized spacial score (nSPS) is 12.8. The lowest BCUT2D eigenvalue weighted by atomic mass is 10.2. The van der Waals surface area contributed by atoms with Gasteiger partial charge in [-0.15, -0.1) is 0 Å². The van der Waals surface area contributed by atoms with Crippen molar-refractivity contribution in [2.24, 2.45) is 0 Å². The van der Waals surface area contributed by atoms with Crippen molar-refractivity contribution in [1.82, 2.24) is 4.31 Å². The van der Waals surface area contributed by atoms with Gasteiger partial charge in [0.25, 0.3) is 0 Å². The zero-order valence-corrected chi connectivity index (χ0v) is 16.3. The van der Waals surface area contributed by atoms with Gasteiger partial charge in [-0.3, -0.25) is 4.79 Å². The number of carbonyl (C=O) groups is 1. The Hall–Kier alpha value is -2.18. The van der Waals surface area contributed by atoms with Crippen LogP contribution in [0.25, 0.3) is 0 Å². The van der Waals surface area contributed by atoms with Gasteiger partial charge in [-0.2, -0.15) is 4.31 Å². The van der Waals surface area contributed by atoms with E-state index in [1.807, 2.05) is 74.5 Å². The van der Waals surface area contributed by atoms with E-state index in [0.29, 0.717) is 13.0 Å². The highest BCUT2D eigenvalue weighted by Crippen LogP contribution is 2.19. The van der Waals surface area contributed by atoms with Crippen LogP contribution in [0.2, 0.25) is 0 Å². The fraction of sp³-hybridized carbons (Fsp3) is 0.350. The van der Waals surface area contributed by atoms with Crippen molar-refractivity contribution in [3.63, 3.8) is 0 Å². The number of nitrogens with zero attached hydrogens (tertiary/aromatic N) is 2. The summed E-state index contributed by atoms with van der Waals surface area (Å²) in [6.45, 7) is 3.95. The van der Waals surface area contributed by atoms with Crippen LogP contribution in [0, 0.1) is 0 Å². The molecule has 0 aliphatic heterocycles. The maximum absolute atomic E-state index is 13.0. The SMILES string of the molecule is CCC(C)N(CC(=O)N(Cc1ccccc1)c1ccccc1)S(C)(=O)=O. The maximum atomic E-state index is 13.0. The van der Waals surface area contributed by atoms with Gasteiger partial charge in [0.1, 0.15) is 0 Å². The summed E-state index contributed by atoms with van der Waals surface area (Å²) in [5.41, 5.74) is 1.73. The van der Waals surface area contributed by atoms with Crippen LogP contribution < -0.4 is 4.90 Å². The lowest BCUT2D eigenvalue weighted by Gasteiger charge is -2.29. The Morgan fingerprint density at radius 3 is 2.04 bits per heavy atom. The Morgan fingerprint density at radius 1 is 1.00 bits per heavy atom. The van der Waals surface area contributed by atoms with Gasteiger partial charge in [0.15, 0.2) is 0 Å². The van der Waals surface area contributed by atoms with Gasteiger partial charge in [0.2, 0.25) is 15.9 Å². The van der Waals surface area contributed by atoms with E-state index in [1.165, 1.54) is 4.31 Å². The summed E-state index contributed by atoms with van der Waals surface area (Å²) in [5.74, 6) is -0.245. The molecule has 0 saturated carbocycles. The molecular formula is C20H26N2O3S. The largest absolute Gasteiger partial charge is 0.307 e. The van der Waals surface area contributed by atoms with Crippen LogP contribution >= 0.6 is 0 Å². The Morgan fingerprint density at radius 2 is 1.54 bits per heavy atom. The summed E-state index contributed by atoms with van der Waals surface area (Å²) >= 11 is 0. The van der Waals surface area contributed by atoms with Crippen LogP contribution in [-0.2, 0) is 21.4 Å². The van der Waals surface area contributed by atoms with E-state index in [0.717, 1.165) is 17.5 Å². The van der Waals surface area contributed by atoms with Crippen molar-refractivity contribution in [3.8, 4) is 0 Å². The Balaban J connectivity index is 2.30. The van der Waals surface area contributed by atoms with Gasteiger partial charge in [0, 0.05) is 11.7 Å². The minimum atomic E-state index is -3.47. The molecule has 0 aliphatic carbocycles. The molecule has 0 bridgehead atoms. The topological polar surface area (TPSA) is 57.7 Å². The van der Waals surface area contributed by atoms with E-state index in [2.05, 4.69) is 0 Å². The lowest BCUT2D eigenvalue weighted by Crippen LogP contribution is -2.46. The first kappa shape index (κ1) is 20.1. The smallest absolute Gasteiger partial charge is 0.242 e. The van der Waals surface area contributed by atoms with Gasteiger partial charge in [-0.05, 0) is 31.0 Å². The second-order valence-corrected chi connectivity index (χ2v) is 8.30. The van der Waals surface area contributed by atoms with Crippen LogP contribution in [0.3, 0.4) is 0 Å². The van der Waals surface area contributed by atoms with Crippen molar-refractivity contribution in [2.75, 3.05) is 17.7 Å². The first-order chi connectivity index (χ1) is 12.3. The van der Waals surface area contributed by atoms with Crippen LogP contribution in [0.15, 0.2) is 60.7 Å². The Labute approximate surface area is 156 Å². The maximum Gasteiger partial charge on any atom is 0.242 e. The molecule has 2 aromatic carbocycles. The van der Waals surface area contributed by atoms with E-state index < -0.39 is 10.0 Å². The third kappa shape index (κ3) is 5.41. The highest BCUT2D eigenvalue weighted by molar-refractivity contribution is 7.88. The summed E-state index contributed by atoms with van der Waals surface area (Å²) in [4.78, 5) is 14.7. The number of amides is 1. The number of hydrogen-bond donors (Lipinski definition) is 0. The molecule has 140 valence electrons. The third-order valence-electron chi connectivity index (χ3n) is 4.35. The summed E-state index contributed by atoms with van der Waals surface area (Å²) in [6, 6.07) is 18.8. The highest BCUT2D eigenvalue weighted by atomic mass is 32.2. The molecule has 2 aromatic rings. The molecule has 1 amide bonds. The number of hydrogen-bond acceptors (Lipinski definition) is 3. The van der Waals surface area contributed by atoms with Crippen LogP contribution in [0.1, 0.15) is 25.8 Å². The second-order valence-electron chi connectivity index (χ2n) is 6.37. The molecule has 0 saturated heterocycles. The summed E-state index contributed by atoms with van der Waals surface area (Å²) in [5, 5.41) is 0. The standard InChI is InChI=1S/C20H26N2O3S/c1-4-17(2)22(26(3,24)25)16-20(23)21(19-13-9-6-10-14-19)15-18-11-7-5-8-12-18/h5-14,17H,4,15-16H2,1-3H3. The average Bonchev–Trinajstić information content (AvgIpc) is 2.64. The number of carbonyl (C=O) groups excluding carboxylic acids is 1. The molecule has 26 heavy (non-hydrogen) atoms. The number of para-hydroxylation sites is 1. The van der Waals surface area contributed by atoms with E-state index in [4.69, 9.17) is 0 Å². The fourth-order valence-corrected chi connectivity index (χ4v) is 3.87. The minimum Gasteiger partial charge on any atom is -0.307 e. The Kier molecular flexibility index (Phi) is 6.94. The molecular weight excluding hydrogens is 348 g/mol. The van der Waals surface area contributed by atoms with Crippen LogP contribution in [-0.4, -0.2) is 37.5 Å². The monoisotopic (exact) mass is 374 g/mol. The number of rotatable bonds is 8. The van der Waals surface area contributed by atoms with Gasteiger partial charge in [0.05, 0.1) is 19.3 Å². The molecule has 0 radical (unpaired) electrons. The number of sulfonamides is 1. The molecule has 5 nitrogen and oxygen atoms in total. The quantitative estimate of drug-likeness (QED) is 0.712. The molecule has 0 aromatic heterocycles. The minimum absolute atomic E-state index is 0.171. The molecule has 0 heterocycles. The van der Waals surface area contributed by atoms with Gasteiger partial charge in [-0.25, -0.2) is 8.42 Å². The molecule has 0 N–H and O–H groups in total. The molecule has 0 spiro atoms. The number of anilines is 1. The summed E-state index contributed by atoms with van der Waals surface area (Å²) in [7, 11) is -3.47. The van der Waals surface area contributed by atoms with Crippen LogP contribution in [0.5, 0.6) is 0 Å². The molecule has 6 heteroatoms. The summed E-state index contributed by atoms with van der Waals surface area (Å²) < 4.78 is 25.6. The van der Waals surface area contributed by atoms with Gasteiger partial charge >= 0.3 is 0 Å². The fourth-order valence-electron chi connectivity index (χ4n) is 2.72. The average molecular weight is 375 g/mol. The lowest BCUT2D eigenvalue weighted by molar-refractivity contribution is -0.119. The van der Waals surface area contributed by atoms with Crippen molar-refractivity contribution in [1.29, 1.82) is 0 Å². The van der Waals surface area contributed by atoms with Gasteiger partial charge in [-0.1, -0.05) is 55.5 Å². The van der Waals surface area contributed by atoms with Gasteiger partial charge < -0.3 is 4.90 Å². The first-order valence-electron chi connectivity index (χ1n) is 8.69. The molecule has 1 atom stereocenters. The van der Waals surface area contributed by atoms with E-state index in [1.54, 1.807) is 4.90 Å². The van der Waals surface area contributed by atoms with Crippen molar-refractivity contribution in [2.45, 2.75) is 32.9 Å². The second kappa shape index (κ2) is 8.96. The van der Waals surface area contributed by atoms with Crippen LogP contribution in [0.4, 0.5) is 5.69 Å². The predicted molar refractivity (Wildman–Crippen MR) is 105 cm³/mol. The van der Waals surface area contributed by atoms with Crippen molar-refractivity contribution >= 4 is 21.6 Å². The van der Waals surface area contributed by atoms with E-state index in [-0.39, 0.29) is 18.5 Å². The molecule has 2 rings (SSSR count).